The number of fused-ring (bicyclic) bond motifs is 1. The summed E-state index contributed by atoms with van der Waals surface area (Å²) >= 11 is 0. The molecule has 1 heterocycles. The van der Waals surface area contributed by atoms with E-state index >= 15 is 0 Å². The first-order valence-electron chi connectivity index (χ1n) is 5.61. The fourth-order valence-corrected chi connectivity index (χ4v) is 2.52. The molecule has 0 saturated carbocycles. The van der Waals surface area contributed by atoms with Gasteiger partial charge in [0.25, 0.3) is 5.91 Å². The molecule has 1 aromatic heterocycles. The SMILES string of the molecule is C[C@H](CS(N)(=O)=O)NC(=O)c1nc2ccccc2[nH]1. The second kappa shape index (κ2) is 4.98. The Kier molecular flexibility index (Phi) is 3.54. The number of aromatic nitrogens is 2. The molecule has 1 aromatic carbocycles. The topological polar surface area (TPSA) is 118 Å². The molecule has 0 bridgehead atoms. The van der Waals surface area contributed by atoms with E-state index in [2.05, 4.69) is 15.3 Å². The zero-order valence-corrected chi connectivity index (χ0v) is 11.1. The number of carbonyl (C=O) groups excluding carboxylic acids is 1. The zero-order chi connectivity index (χ0) is 14.0. The summed E-state index contributed by atoms with van der Waals surface area (Å²) in [6.07, 6.45) is 0. The second-order valence-electron chi connectivity index (χ2n) is 4.31. The van der Waals surface area contributed by atoms with Gasteiger partial charge in [-0.05, 0) is 19.1 Å². The maximum atomic E-state index is 11.9. The molecule has 0 aliphatic rings. The number of amides is 1. The van der Waals surface area contributed by atoms with Crippen LogP contribution in [0.2, 0.25) is 0 Å². The van der Waals surface area contributed by atoms with Gasteiger partial charge in [-0.15, -0.1) is 0 Å². The summed E-state index contributed by atoms with van der Waals surface area (Å²) < 4.78 is 21.8. The maximum Gasteiger partial charge on any atom is 0.287 e. The number of benzene rings is 1. The Balaban J connectivity index is 2.11. The summed E-state index contributed by atoms with van der Waals surface area (Å²) in [5.74, 6) is -0.645. The number of aromatic amines is 1. The quantitative estimate of drug-likeness (QED) is 0.729. The van der Waals surface area contributed by atoms with Crippen LogP contribution in [0.4, 0.5) is 0 Å². The van der Waals surface area contributed by atoms with Crippen LogP contribution < -0.4 is 10.5 Å². The van der Waals surface area contributed by atoms with Gasteiger partial charge in [0, 0.05) is 6.04 Å². The molecule has 0 radical (unpaired) electrons. The summed E-state index contributed by atoms with van der Waals surface area (Å²) in [5.41, 5.74) is 1.42. The maximum absolute atomic E-state index is 11.9. The Morgan fingerprint density at radius 3 is 2.79 bits per heavy atom. The van der Waals surface area contributed by atoms with Gasteiger partial charge in [0.2, 0.25) is 10.0 Å². The molecule has 2 aromatic rings. The van der Waals surface area contributed by atoms with Gasteiger partial charge < -0.3 is 10.3 Å². The van der Waals surface area contributed by atoms with E-state index in [-0.39, 0.29) is 11.6 Å². The van der Waals surface area contributed by atoms with Gasteiger partial charge in [-0.2, -0.15) is 0 Å². The van der Waals surface area contributed by atoms with Gasteiger partial charge in [0.05, 0.1) is 16.8 Å². The van der Waals surface area contributed by atoms with Crippen LogP contribution >= 0.6 is 0 Å². The lowest BCUT2D eigenvalue weighted by Crippen LogP contribution is -2.39. The average molecular weight is 282 g/mol. The molecule has 4 N–H and O–H groups in total. The first kappa shape index (κ1) is 13.5. The number of para-hydroxylation sites is 2. The molecule has 0 spiro atoms. The molecule has 102 valence electrons. The highest BCUT2D eigenvalue weighted by Crippen LogP contribution is 2.10. The monoisotopic (exact) mass is 282 g/mol. The van der Waals surface area contributed by atoms with Crippen molar-refractivity contribution in [2.75, 3.05) is 5.75 Å². The smallest absolute Gasteiger partial charge is 0.287 e. The average Bonchev–Trinajstić information content (AvgIpc) is 2.69. The van der Waals surface area contributed by atoms with Crippen LogP contribution in [0.3, 0.4) is 0 Å². The molecule has 0 aliphatic carbocycles. The van der Waals surface area contributed by atoms with Crippen molar-refractivity contribution in [3.63, 3.8) is 0 Å². The number of hydrogen-bond acceptors (Lipinski definition) is 4. The fourth-order valence-electron chi connectivity index (χ4n) is 1.74. The molecule has 1 amide bonds. The van der Waals surface area contributed by atoms with Gasteiger partial charge in [-0.1, -0.05) is 12.1 Å². The van der Waals surface area contributed by atoms with Crippen molar-refractivity contribution in [3.05, 3.63) is 30.1 Å². The predicted molar refractivity (Wildman–Crippen MR) is 71.0 cm³/mol. The van der Waals surface area contributed by atoms with Crippen molar-refractivity contribution in [1.82, 2.24) is 15.3 Å². The number of nitrogens with two attached hydrogens (primary N) is 1. The Bertz CT molecular complexity index is 675. The van der Waals surface area contributed by atoms with Crippen LogP contribution in [0, 0.1) is 0 Å². The van der Waals surface area contributed by atoms with Crippen molar-refractivity contribution in [2.45, 2.75) is 13.0 Å². The highest BCUT2D eigenvalue weighted by atomic mass is 32.2. The van der Waals surface area contributed by atoms with Gasteiger partial charge in [0.1, 0.15) is 0 Å². The summed E-state index contributed by atoms with van der Waals surface area (Å²) in [7, 11) is -3.62. The summed E-state index contributed by atoms with van der Waals surface area (Å²) in [6.45, 7) is 1.56. The van der Waals surface area contributed by atoms with Crippen molar-refractivity contribution < 1.29 is 13.2 Å². The van der Waals surface area contributed by atoms with Crippen molar-refractivity contribution in [2.24, 2.45) is 5.14 Å². The predicted octanol–water partition coefficient (Wildman–Crippen LogP) is -0.0303. The third-order valence-electron chi connectivity index (χ3n) is 2.46. The molecule has 7 nitrogen and oxygen atoms in total. The first-order chi connectivity index (χ1) is 8.85. The zero-order valence-electron chi connectivity index (χ0n) is 10.3. The molecule has 19 heavy (non-hydrogen) atoms. The molecule has 0 unspecified atom stereocenters. The van der Waals surface area contributed by atoms with Crippen LogP contribution in [0.5, 0.6) is 0 Å². The van der Waals surface area contributed by atoms with Gasteiger partial charge in [-0.3, -0.25) is 4.79 Å². The molecule has 1 atom stereocenters. The van der Waals surface area contributed by atoms with E-state index in [1.807, 2.05) is 12.1 Å². The van der Waals surface area contributed by atoms with Crippen molar-refractivity contribution in [3.8, 4) is 0 Å². The fraction of sp³-hybridized carbons (Fsp3) is 0.273. The van der Waals surface area contributed by atoms with E-state index in [0.29, 0.717) is 5.52 Å². The Hall–Kier alpha value is -1.93. The number of sulfonamides is 1. The van der Waals surface area contributed by atoms with Gasteiger partial charge >= 0.3 is 0 Å². The lowest BCUT2D eigenvalue weighted by atomic mass is 10.3. The number of nitrogens with one attached hydrogen (secondary N) is 2. The highest BCUT2D eigenvalue weighted by molar-refractivity contribution is 7.89. The third kappa shape index (κ3) is 3.52. The van der Waals surface area contributed by atoms with E-state index in [1.165, 1.54) is 0 Å². The van der Waals surface area contributed by atoms with Gasteiger partial charge in [0.15, 0.2) is 5.82 Å². The normalized spacial score (nSPS) is 13.4. The van der Waals surface area contributed by atoms with E-state index in [9.17, 15) is 13.2 Å². The number of nitrogens with zero attached hydrogens (tertiary/aromatic N) is 1. The van der Waals surface area contributed by atoms with Crippen molar-refractivity contribution in [1.29, 1.82) is 0 Å². The number of carbonyl (C=O) groups is 1. The number of hydrogen-bond donors (Lipinski definition) is 3. The first-order valence-corrected chi connectivity index (χ1v) is 7.33. The van der Waals surface area contributed by atoms with Crippen LogP contribution in [-0.4, -0.2) is 36.1 Å². The Morgan fingerprint density at radius 1 is 1.47 bits per heavy atom. The Morgan fingerprint density at radius 2 is 2.16 bits per heavy atom. The number of primary sulfonamides is 1. The third-order valence-corrected chi connectivity index (χ3v) is 3.43. The Labute approximate surface area is 110 Å². The molecule has 2 rings (SSSR count). The number of rotatable bonds is 4. The van der Waals surface area contributed by atoms with E-state index in [4.69, 9.17) is 5.14 Å². The lowest BCUT2D eigenvalue weighted by molar-refractivity contribution is 0.0934. The number of imidazole rings is 1. The minimum absolute atomic E-state index is 0.141. The molecular weight excluding hydrogens is 268 g/mol. The molecule has 0 aliphatic heterocycles. The second-order valence-corrected chi connectivity index (χ2v) is 5.97. The van der Waals surface area contributed by atoms with E-state index in [0.717, 1.165) is 5.52 Å². The molecule has 8 heteroatoms. The van der Waals surface area contributed by atoms with Gasteiger partial charge in [-0.25, -0.2) is 18.5 Å². The molecule has 0 fully saturated rings. The largest absolute Gasteiger partial charge is 0.346 e. The van der Waals surface area contributed by atoms with E-state index in [1.54, 1.807) is 19.1 Å². The summed E-state index contributed by atoms with van der Waals surface area (Å²) in [4.78, 5) is 18.8. The summed E-state index contributed by atoms with van der Waals surface area (Å²) in [5, 5.41) is 7.43. The van der Waals surface area contributed by atoms with Crippen LogP contribution in [0.1, 0.15) is 17.5 Å². The van der Waals surface area contributed by atoms with Crippen LogP contribution in [0.15, 0.2) is 24.3 Å². The minimum Gasteiger partial charge on any atom is -0.346 e. The minimum atomic E-state index is -3.62. The number of H-pyrrole nitrogens is 1. The molecular formula is C11H14N4O3S. The van der Waals surface area contributed by atoms with Crippen LogP contribution in [0.25, 0.3) is 11.0 Å². The highest BCUT2D eigenvalue weighted by Gasteiger charge is 2.17. The van der Waals surface area contributed by atoms with E-state index < -0.39 is 22.0 Å². The molecule has 0 saturated heterocycles. The lowest BCUT2D eigenvalue weighted by Gasteiger charge is -2.10. The van der Waals surface area contributed by atoms with Crippen molar-refractivity contribution >= 4 is 27.0 Å². The summed E-state index contributed by atoms with van der Waals surface area (Å²) in [6, 6.07) is 6.62. The standard InChI is InChI=1S/C11H14N4O3S/c1-7(6-19(12,17)18)13-11(16)10-14-8-4-2-3-5-9(8)15-10/h2-5,7H,6H2,1H3,(H,13,16)(H,14,15)(H2,12,17,18)/t7-/m1/s1. The van der Waals surface area contributed by atoms with Crippen LogP contribution in [-0.2, 0) is 10.0 Å².